The molecule has 1 N–H and O–H groups in total. The molecule has 7 nitrogen and oxygen atoms in total. The lowest BCUT2D eigenvalue weighted by Crippen LogP contribution is -2.29. The molecule has 0 spiro atoms. The third-order valence-corrected chi connectivity index (χ3v) is 7.64. The summed E-state index contributed by atoms with van der Waals surface area (Å²) in [6, 6.07) is 18.3. The monoisotopic (exact) mass is 562 g/mol. The number of halogens is 1. The summed E-state index contributed by atoms with van der Waals surface area (Å²) in [6.07, 6.45) is 1.96. The lowest BCUT2D eigenvalue weighted by atomic mass is 9.95. The van der Waals surface area contributed by atoms with Crippen molar-refractivity contribution in [2.75, 3.05) is 18.1 Å². The Morgan fingerprint density at radius 3 is 2.38 bits per heavy atom. The van der Waals surface area contributed by atoms with E-state index in [0.29, 0.717) is 51.5 Å². The molecule has 1 atom stereocenters. The Hall–Kier alpha value is -3.88. The van der Waals surface area contributed by atoms with Gasteiger partial charge in [0.2, 0.25) is 0 Å². The Balaban J connectivity index is 1.61. The number of carbonyl (C=O) groups is 2. The number of unbranched alkanes of at least 4 members (excludes halogenated alkanes) is 1. The number of amides is 1. The van der Waals surface area contributed by atoms with E-state index in [1.165, 1.54) is 16.2 Å². The molecule has 9 heteroatoms. The number of aliphatic hydroxyl groups excluding tert-OH is 1. The van der Waals surface area contributed by atoms with Gasteiger partial charge in [-0.05, 0) is 73.5 Å². The van der Waals surface area contributed by atoms with Gasteiger partial charge in [-0.2, -0.15) is 0 Å². The number of hydrogen-bond donors (Lipinski definition) is 1. The third kappa shape index (κ3) is 5.35. The zero-order valence-electron chi connectivity index (χ0n) is 21.5. The predicted octanol–water partition coefficient (Wildman–Crippen LogP) is 7.15. The SMILES string of the molecule is CCCCOc1ccc(C2C(=C(O)c3ccc(OCC)cc3)C(=O)C(=O)N2c2nc3ccc(Cl)cc3s2)cc1. The molecule has 0 bridgehead atoms. The number of nitrogens with zero attached hydrogens (tertiary/aromatic N) is 2. The summed E-state index contributed by atoms with van der Waals surface area (Å²) in [5.74, 6) is -0.493. The average molecular weight is 563 g/mol. The molecule has 1 aromatic heterocycles. The summed E-state index contributed by atoms with van der Waals surface area (Å²) < 4.78 is 12.1. The smallest absolute Gasteiger partial charge is 0.301 e. The number of aliphatic hydroxyl groups is 1. The lowest BCUT2D eigenvalue weighted by Gasteiger charge is -2.23. The molecule has 200 valence electrons. The minimum absolute atomic E-state index is 0.0129. The van der Waals surface area contributed by atoms with Gasteiger partial charge in [0.15, 0.2) is 5.13 Å². The zero-order chi connectivity index (χ0) is 27.5. The Labute approximate surface area is 235 Å². The van der Waals surface area contributed by atoms with Crippen LogP contribution in [0.1, 0.15) is 43.9 Å². The molecule has 5 rings (SSSR count). The van der Waals surface area contributed by atoms with Crippen LogP contribution in [0.3, 0.4) is 0 Å². The van der Waals surface area contributed by atoms with Crippen LogP contribution < -0.4 is 14.4 Å². The maximum absolute atomic E-state index is 13.5. The van der Waals surface area contributed by atoms with E-state index in [2.05, 4.69) is 11.9 Å². The second-order valence-electron chi connectivity index (χ2n) is 9.01. The number of hydrogen-bond acceptors (Lipinski definition) is 7. The van der Waals surface area contributed by atoms with Crippen molar-refractivity contribution in [2.45, 2.75) is 32.7 Å². The molecule has 39 heavy (non-hydrogen) atoms. The fourth-order valence-corrected chi connectivity index (χ4v) is 5.71. The summed E-state index contributed by atoms with van der Waals surface area (Å²) in [7, 11) is 0. The molecule has 1 unspecified atom stereocenters. The standard InChI is InChI=1S/C30H27ClN2O5S/c1-3-5-16-38-22-11-6-18(7-12-22)26-25(27(34)19-8-13-21(14-9-19)37-4-2)28(35)29(36)33(26)30-32-23-15-10-20(31)17-24(23)39-30/h6-15,17,26,34H,3-5,16H2,1-2H3. The van der Waals surface area contributed by atoms with Gasteiger partial charge in [-0.25, -0.2) is 4.98 Å². The van der Waals surface area contributed by atoms with Crippen molar-refractivity contribution < 1.29 is 24.2 Å². The highest BCUT2D eigenvalue weighted by molar-refractivity contribution is 7.22. The molecular weight excluding hydrogens is 536 g/mol. The van der Waals surface area contributed by atoms with Gasteiger partial charge in [0.05, 0.1) is 35.0 Å². The molecule has 4 aromatic rings. The van der Waals surface area contributed by atoms with Crippen LogP contribution in [-0.2, 0) is 9.59 Å². The van der Waals surface area contributed by atoms with E-state index < -0.39 is 17.7 Å². The molecule has 0 radical (unpaired) electrons. The highest BCUT2D eigenvalue weighted by atomic mass is 35.5. The van der Waals surface area contributed by atoms with Crippen LogP contribution in [0.4, 0.5) is 5.13 Å². The van der Waals surface area contributed by atoms with E-state index in [0.717, 1.165) is 17.5 Å². The lowest BCUT2D eigenvalue weighted by molar-refractivity contribution is -0.132. The molecule has 1 saturated heterocycles. The van der Waals surface area contributed by atoms with Crippen molar-refractivity contribution in [1.29, 1.82) is 0 Å². The van der Waals surface area contributed by atoms with Crippen LogP contribution in [0.15, 0.2) is 72.3 Å². The molecular formula is C30H27ClN2O5S. The van der Waals surface area contributed by atoms with Crippen molar-refractivity contribution in [1.82, 2.24) is 4.98 Å². The van der Waals surface area contributed by atoms with Crippen LogP contribution in [0.25, 0.3) is 16.0 Å². The van der Waals surface area contributed by atoms with E-state index in [1.54, 1.807) is 66.7 Å². The quantitative estimate of drug-likeness (QED) is 0.101. The molecule has 1 amide bonds. The van der Waals surface area contributed by atoms with Gasteiger partial charge in [0, 0.05) is 10.6 Å². The molecule has 0 aliphatic carbocycles. The van der Waals surface area contributed by atoms with Gasteiger partial charge in [-0.15, -0.1) is 0 Å². The van der Waals surface area contributed by atoms with Gasteiger partial charge in [-0.1, -0.05) is 48.4 Å². The van der Waals surface area contributed by atoms with Gasteiger partial charge in [0.25, 0.3) is 5.78 Å². The first kappa shape index (κ1) is 26.7. The maximum Gasteiger partial charge on any atom is 0.301 e. The van der Waals surface area contributed by atoms with Crippen molar-refractivity contribution >= 4 is 55.7 Å². The Bertz CT molecular complexity index is 1550. The van der Waals surface area contributed by atoms with Crippen LogP contribution in [0.5, 0.6) is 11.5 Å². The van der Waals surface area contributed by atoms with Crippen molar-refractivity contribution in [2.24, 2.45) is 0 Å². The van der Waals surface area contributed by atoms with Crippen LogP contribution in [-0.4, -0.2) is 35.0 Å². The highest BCUT2D eigenvalue weighted by Crippen LogP contribution is 2.44. The first-order chi connectivity index (χ1) is 18.9. The number of benzene rings is 3. The van der Waals surface area contributed by atoms with Crippen molar-refractivity contribution in [3.8, 4) is 11.5 Å². The Morgan fingerprint density at radius 2 is 1.69 bits per heavy atom. The number of rotatable bonds is 9. The Kier molecular flexibility index (Phi) is 7.86. The van der Waals surface area contributed by atoms with Gasteiger partial charge in [0.1, 0.15) is 17.3 Å². The average Bonchev–Trinajstić information content (AvgIpc) is 3.47. The van der Waals surface area contributed by atoms with E-state index >= 15 is 0 Å². The number of ketones is 1. The van der Waals surface area contributed by atoms with Crippen molar-refractivity contribution in [3.63, 3.8) is 0 Å². The summed E-state index contributed by atoms with van der Waals surface area (Å²) >= 11 is 7.43. The Morgan fingerprint density at radius 1 is 1.00 bits per heavy atom. The largest absolute Gasteiger partial charge is 0.507 e. The number of Topliss-reactive ketones (excluding diaryl/α,β-unsaturated/α-hetero) is 1. The number of thiazole rings is 1. The first-order valence-electron chi connectivity index (χ1n) is 12.7. The van der Waals surface area contributed by atoms with Crippen molar-refractivity contribution in [3.05, 3.63) is 88.5 Å². The van der Waals surface area contributed by atoms with Crippen LogP contribution >= 0.6 is 22.9 Å². The van der Waals surface area contributed by atoms with E-state index in [-0.39, 0.29) is 11.3 Å². The highest BCUT2D eigenvalue weighted by Gasteiger charge is 2.48. The minimum atomic E-state index is -0.891. The normalized spacial score (nSPS) is 16.7. The summed E-state index contributed by atoms with van der Waals surface area (Å²) in [5.41, 5.74) is 1.69. The number of anilines is 1. The van der Waals surface area contributed by atoms with Gasteiger partial charge < -0.3 is 14.6 Å². The van der Waals surface area contributed by atoms with E-state index in [1.807, 2.05) is 6.92 Å². The van der Waals surface area contributed by atoms with Crippen LogP contribution in [0, 0.1) is 0 Å². The van der Waals surface area contributed by atoms with Crippen LogP contribution in [0.2, 0.25) is 5.02 Å². The minimum Gasteiger partial charge on any atom is -0.507 e. The van der Waals surface area contributed by atoms with E-state index in [4.69, 9.17) is 21.1 Å². The second-order valence-corrected chi connectivity index (χ2v) is 10.5. The molecule has 1 aliphatic rings. The first-order valence-corrected chi connectivity index (χ1v) is 13.9. The molecule has 3 aromatic carbocycles. The summed E-state index contributed by atoms with van der Waals surface area (Å²) in [4.78, 5) is 32.9. The maximum atomic E-state index is 13.5. The topological polar surface area (TPSA) is 89.0 Å². The molecule has 1 fully saturated rings. The number of aromatic nitrogens is 1. The second kappa shape index (κ2) is 11.5. The molecule has 1 aliphatic heterocycles. The number of fused-ring (bicyclic) bond motifs is 1. The zero-order valence-corrected chi connectivity index (χ0v) is 23.1. The number of carbonyl (C=O) groups excluding carboxylic acids is 2. The molecule has 2 heterocycles. The van der Waals surface area contributed by atoms with Gasteiger partial charge >= 0.3 is 5.91 Å². The number of ether oxygens (including phenoxy) is 2. The molecule has 0 saturated carbocycles. The summed E-state index contributed by atoms with van der Waals surface area (Å²) in [5, 5.41) is 12.3. The third-order valence-electron chi connectivity index (χ3n) is 6.39. The fraction of sp³-hybridized carbons (Fsp3) is 0.233. The summed E-state index contributed by atoms with van der Waals surface area (Å²) in [6.45, 7) is 5.07. The van der Waals surface area contributed by atoms with Gasteiger partial charge in [-0.3, -0.25) is 14.5 Å². The van der Waals surface area contributed by atoms with E-state index in [9.17, 15) is 14.7 Å². The predicted molar refractivity (Wildman–Crippen MR) is 154 cm³/mol. The fourth-order valence-electron chi connectivity index (χ4n) is 4.45.